The van der Waals surface area contributed by atoms with E-state index in [-0.39, 0.29) is 5.91 Å². The van der Waals surface area contributed by atoms with Gasteiger partial charge in [0.15, 0.2) is 0 Å². The van der Waals surface area contributed by atoms with Crippen LogP contribution < -0.4 is 5.48 Å². The van der Waals surface area contributed by atoms with Crippen molar-refractivity contribution < 1.29 is 9.63 Å². The number of imidazole rings is 1. The van der Waals surface area contributed by atoms with Crippen molar-refractivity contribution in [1.29, 1.82) is 0 Å². The normalized spacial score (nSPS) is 12.0. The van der Waals surface area contributed by atoms with E-state index in [9.17, 15) is 4.79 Å². The average Bonchev–Trinajstić information content (AvgIpc) is 2.98. The van der Waals surface area contributed by atoms with E-state index >= 15 is 0 Å². The van der Waals surface area contributed by atoms with E-state index in [4.69, 9.17) is 4.98 Å². The number of nitrogens with one attached hydrogen (secondary N) is 1. The van der Waals surface area contributed by atoms with E-state index in [1.807, 2.05) is 18.3 Å². The summed E-state index contributed by atoms with van der Waals surface area (Å²) in [5.74, 6) is 0.442. The topological polar surface area (TPSA) is 58.9 Å². The van der Waals surface area contributed by atoms with Gasteiger partial charge in [0.1, 0.15) is 5.65 Å². The molecule has 0 saturated heterocycles. The third-order valence-electron chi connectivity index (χ3n) is 5.07. The first kappa shape index (κ1) is 21.1. The van der Waals surface area contributed by atoms with Gasteiger partial charge < -0.3 is 4.40 Å². The van der Waals surface area contributed by atoms with E-state index in [1.54, 1.807) is 6.08 Å². The molecular formula is C21H32N4O2. The molecule has 0 fully saturated rings. The van der Waals surface area contributed by atoms with Gasteiger partial charge in [0, 0.05) is 25.4 Å². The fourth-order valence-electron chi connectivity index (χ4n) is 3.26. The fraction of sp³-hybridized carbons (Fsp3) is 0.524. The molecule has 1 amide bonds. The molecule has 0 radical (unpaired) electrons. The highest BCUT2D eigenvalue weighted by atomic mass is 16.6. The number of nitrogens with zero attached hydrogens (tertiary/aromatic N) is 3. The Kier molecular flexibility index (Phi) is 8.00. The summed E-state index contributed by atoms with van der Waals surface area (Å²) in [7, 11) is 1.41. The highest BCUT2D eigenvalue weighted by Crippen LogP contribution is 2.18. The summed E-state index contributed by atoms with van der Waals surface area (Å²) in [6, 6.07) is 3.98. The molecule has 1 N–H and O–H groups in total. The monoisotopic (exact) mass is 372 g/mol. The average molecular weight is 373 g/mol. The van der Waals surface area contributed by atoms with E-state index in [0.717, 1.165) is 42.5 Å². The minimum absolute atomic E-state index is 0.294. The summed E-state index contributed by atoms with van der Waals surface area (Å²) in [6.45, 7) is 11.9. The van der Waals surface area contributed by atoms with E-state index in [2.05, 4.69) is 47.3 Å². The highest BCUT2D eigenvalue weighted by Gasteiger charge is 2.15. The first-order valence-electron chi connectivity index (χ1n) is 9.73. The van der Waals surface area contributed by atoms with Gasteiger partial charge in [0.05, 0.1) is 18.5 Å². The van der Waals surface area contributed by atoms with Gasteiger partial charge in [-0.05, 0) is 43.2 Å². The van der Waals surface area contributed by atoms with Crippen LogP contribution in [0.2, 0.25) is 0 Å². The number of aryl methyl sites for hydroxylation is 1. The Hall–Kier alpha value is -2.18. The van der Waals surface area contributed by atoms with Crippen molar-refractivity contribution in [3.05, 3.63) is 41.4 Å². The Morgan fingerprint density at radius 3 is 2.74 bits per heavy atom. The second-order valence-electron chi connectivity index (χ2n) is 6.85. The van der Waals surface area contributed by atoms with Crippen molar-refractivity contribution in [2.75, 3.05) is 20.2 Å². The zero-order valence-corrected chi connectivity index (χ0v) is 17.2. The van der Waals surface area contributed by atoms with Crippen molar-refractivity contribution >= 4 is 17.6 Å². The van der Waals surface area contributed by atoms with E-state index < -0.39 is 0 Å². The minimum atomic E-state index is -0.294. The first-order chi connectivity index (χ1) is 13.0. The van der Waals surface area contributed by atoms with E-state index in [0.29, 0.717) is 0 Å². The number of amides is 1. The van der Waals surface area contributed by atoms with E-state index in [1.165, 1.54) is 31.7 Å². The molecule has 0 spiro atoms. The van der Waals surface area contributed by atoms with Gasteiger partial charge in [-0.25, -0.2) is 10.5 Å². The molecule has 6 heteroatoms. The molecule has 2 rings (SSSR count). The number of carbonyl (C=O) groups excluding carboxylic acids is 1. The summed E-state index contributed by atoms with van der Waals surface area (Å²) in [6.07, 6.45) is 7.66. The molecule has 0 bridgehead atoms. The van der Waals surface area contributed by atoms with Crippen LogP contribution in [-0.4, -0.2) is 40.4 Å². The fourth-order valence-corrected chi connectivity index (χ4v) is 3.26. The van der Waals surface area contributed by atoms with Crippen LogP contribution in [0.3, 0.4) is 0 Å². The molecular weight excluding hydrogens is 340 g/mol. The summed E-state index contributed by atoms with van der Waals surface area (Å²) in [4.78, 5) is 23.3. The van der Waals surface area contributed by atoms with Crippen molar-refractivity contribution in [1.82, 2.24) is 19.8 Å². The third kappa shape index (κ3) is 5.65. The smallest absolute Gasteiger partial charge is 0.267 e. The minimum Gasteiger partial charge on any atom is -0.302 e. The predicted molar refractivity (Wildman–Crippen MR) is 109 cm³/mol. The number of hydrogen-bond acceptors (Lipinski definition) is 4. The predicted octanol–water partition coefficient (Wildman–Crippen LogP) is 3.59. The zero-order chi connectivity index (χ0) is 19.8. The third-order valence-corrected chi connectivity index (χ3v) is 5.07. The largest absolute Gasteiger partial charge is 0.302 e. The standard InChI is InChI=1S/C21H32N4O2/c1-6-17(7-2)14-24(8-3)15-19-16(4)22-20-13-18(11-12-25(19)20)9-10-21(26)23-27-5/h9-13,17H,6-8,14-15H2,1-5H3,(H,23,26)/b10-9+. The second kappa shape index (κ2) is 10.2. The zero-order valence-electron chi connectivity index (χ0n) is 17.2. The first-order valence-corrected chi connectivity index (χ1v) is 9.73. The summed E-state index contributed by atoms with van der Waals surface area (Å²) < 4.78 is 2.15. The van der Waals surface area contributed by atoms with Gasteiger partial charge in [-0.15, -0.1) is 0 Å². The lowest BCUT2D eigenvalue weighted by molar-refractivity contribution is -0.126. The Labute approximate surface area is 162 Å². The number of aromatic nitrogens is 2. The molecule has 148 valence electrons. The molecule has 0 aliphatic heterocycles. The molecule has 0 atom stereocenters. The van der Waals surface area contributed by atoms with Gasteiger partial charge in [-0.3, -0.25) is 14.5 Å². The van der Waals surface area contributed by atoms with Crippen LogP contribution in [0, 0.1) is 12.8 Å². The lowest BCUT2D eigenvalue weighted by Crippen LogP contribution is -2.29. The Morgan fingerprint density at radius 2 is 2.11 bits per heavy atom. The quantitative estimate of drug-likeness (QED) is 0.511. The number of fused-ring (bicyclic) bond motifs is 1. The maximum atomic E-state index is 11.5. The Morgan fingerprint density at radius 1 is 1.37 bits per heavy atom. The summed E-state index contributed by atoms with van der Waals surface area (Å²) in [5.41, 5.74) is 6.37. The van der Waals surface area contributed by atoms with Gasteiger partial charge in [-0.2, -0.15) is 0 Å². The maximum Gasteiger partial charge on any atom is 0.267 e. The molecule has 2 aromatic rings. The maximum absolute atomic E-state index is 11.5. The molecule has 0 aliphatic rings. The van der Waals surface area contributed by atoms with Crippen LogP contribution >= 0.6 is 0 Å². The number of carbonyl (C=O) groups is 1. The van der Waals surface area contributed by atoms with Crippen molar-refractivity contribution in [3.8, 4) is 0 Å². The van der Waals surface area contributed by atoms with Crippen LogP contribution in [0.4, 0.5) is 0 Å². The number of rotatable bonds is 10. The lowest BCUT2D eigenvalue weighted by Gasteiger charge is -2.25. The van der Waals surface area contributed by atoms with Gasteiger partial charge in [0.2, 0.25) is 0 Å². The van der Waals surface area contributed by atoms with Crippen LogP contribution in [0.25, 0.3) is 11.7 Å². The van der Waals surface area contributed by atoms with Crippen LogP contribution in [0.1, 0.15) is 50.6 Å². The SMILES string of the molecule is CCC(CC)CN(CC)Cc1c(C)nc2cc(/C=C/C(=O)NOC)ccn12. The van der Waals surface area contributed by atoms with Crippen molar-refractivity contribution in [2.24, 2.45) is 5.92 Å². The number of hydrogen-bond donors (Lipinski definition) is 1. The van der Waals surface area contributed by atoms with Crippen LogP contribution in [0.15, 0.2) is 24.4 Å². The second-order valence-corrected chi connectivity index (χ2v) is 6.85. The molecule has 0 aliphatic carbocycles. The Balaban J connectivity index is 2.20. The van der Waals surface area contributed by atoms with Crippen LogP contribution in [0.5, 0.6) is 0 Å². The number of pyridine rings is 1. The molecule has 2 heterocycles. The Bertz CT molecular complexity index is 778. The van der Waals surface area contributed by atoms with Gasteiger partial charge in [-0.1, -0.05) is 33.6 Å². The summed E-state index contributed by atoms with van der Waals surface area (Å²) in [5, 5.41) is 0. The van der Waals surface area contributed by atoms with Crippen molar-refractivity contribution in [2.45, 2.75) is 47.1 Å². The lowest BCUT2D eigenvalue weighted by atomic mass is 10.0. The molecule has 27 heavy (non-hydrogen) atoms. The van der Waals surface area contributed by atoms with Crippen molar-refractivity contribution in [3.63, 3.8) is 0 Å². The van der Waals surface area contributed by atoms with Gasteiger partial charge >= 0.3 is 0 Å². The highest BCUT2D eigenvalue weighted by molar-refractivity contribution is 5.91. The van der Waals surface area contributed by atoms with Gasteiger partial charge in [0.25, 0.3) is 5.91 Å². The molecule has 0 unspecified atom stereocenters. The molecule has 0 aromatic carbocycles. The molecule has 0 saturated carbocycles. The summed E-state index contributed by atoms with van der Waals surface area (Å²) >= 11 is 0. The number of hydroxylamine groups is 1. The molecule has 6 nitrogen and oxygen atoms in total. The molecule has 2 aromatic heterocycles. The van der Waals surface area contributed by atoms with Crippen LogP contribution in [-0.2, 0) is 16.2 Å².